The molecule has 2 aromatic carbocycles. The summed E-state index contributed by atoms with van der Waals surface area (Å²) in [7, 11) is 0. The van der Waals surface area contributed by atoms with E-state index in [1.807, 2.05) is 48.5 Å². The van der Waals surface area contributed by atoms with Gasteiger partial charge in [0, 0.05) is 27.1 Å². The molecular weight excluding hydrogens is 408 g/mol. The molecule has 30 heavy (non-hydrogen) atoms. The van der Waals surface area contributed by atoms with Crippen LogP contribution in [0.1, 0.15) is 30.6 Å². The number of hydrogen-bond acceptors (Lipinski definition) is 4. The second-order valence-electron chi connectivity index (χ2n) is 7.70. The van der Waals surface area contributed by atoms with Gasteiger partial charge in [0.15, 0.2) is 0 Å². The Morgan fingerprint density at radius 3 is 2.33 bits per heavy atom. The molecule has 1 amide bonds. The van der Waals surface area contributed by atoms with E-state index in [0.717, 1.165) is 53.2 Å². The summed E-state index contributed by atoms with van der Waals surface area (Å²) in [5, 5.41) is 8.34. The van der Waals surface area contributed by atoms with Gasteiger partial charge in [-0.15, -0.1) is 22.7 Å². The number of nitrogens with zero attached hydrogens (tertiary/aromatic N) is 1. The van der Waals surface area contributed by atoms with Crippen molar-refractivity contribution in [3.63, 3.8) is 0 Å². The molecule has 2 aromatic heterocycles. The van der Waals surface area contributed by atoms with Gasteiger partial charge in [0.05, 0.1) is 11.1 Å². The van der Waals surface area contributed by atoms with Gasteiger partial charge in [0.25, 0.3) is 0 Å². The quantitative estimate of drug-likeness (QED) is 0.371. The second-order valence-corrected chi connectivity index (χ2v) is 9.51. The summed E-state index contributed by atoms with van der Waals surface area (Å²) in [5.74, 6) is 0.121. The maximum atomic E-state index is 13.2. The Labute approximate surface area is 184 Å². The number of thiophene rings is 1. The second kappa shape index (κ2) is 8.17. The van der Waals surface area contributed by atoms with E-state index in [1.54, 1.807) is 22.7 Å². The van der Waals surface area contributed by atoms with E-state index >= 15 is 0 Å². The lowest BCUT2D eigenvalue weighted by Crippen LogP contribution is -2.37. The third-order valence-corrected chi connectivity index (χ3v) is 7.81. The fourth-order valence-corrected chi connectivity index (χ4v) is 6.03. The zero-order chi connectivity index (χ0) is 20.4. The summed E-state index contributed by atoms with van der Waals surface area (Å²) in [6, 6.07) is 22.4. The SMILES string of the molecule is O=C(Nc1ccc(-c2csc(-c3ccccc3)n2)cc1)C1(c2cccs2)CCCC1. The molecule has 0 spiro atoms. The fourth-order valence-electron chi connectivity index (χ4n) is 4.21. The molecule has 150 valence electrons. The number of benzene rings is 2. The van der Waals surface area contributed by atoms with Crippen molar-refractivity contribution in [3.05, 3.63) is 82.4 Å². The van der Waals surface area contributed by atoms with Crippen molar-refractivity contribution >= 4 is 34.3 Å². The van der Waals surface area contributed by atoms with E-state index in [1.165, 1.54) is 4.88 Å². The van der Waals surface area contributed by atoms with Gasteiger partial charge in [-0.25, -0.2) is 4.98 Å². The first kappa shape index (κ1) is 19.2. The highest BCUT2D eigenvalue weighted by molar-refractivity contribution is 7.13. The summed E-state index contributed by atoms with van der Waals surface area (Å²) in [5.41, 5.74) is 3.62. The molecule has 1 fully saturated rings. The maximum Gasteiger partial charge on any atom is 0.235 e. The van der Waals surface area contributed by atoms with Gasteiger partial charge in [-0.05, 0) is 36.4 Å². The molecule has 0 radical (unpaired) electrons. The van der Waals surface area contributed by atoms with E-state index in [-0.39, 0.29) is 11.3 Å². The number of thiazole rings is 1. The molecule has 0 unspecified atom stereocenters. The molecule has 1 N–H and O–H groups in total. The molecule has 0 saturated heterocycles. The smallest absolute Gasteiger partial charge is 0.235 e. The Bertz CT molecular complexity index is 1130. The number of hydrogen-bond donors (Lipinski definition) is 1. The van der Waals surface area contributed by atoms with Crippen molar-refractivity contribution in [1.29, 1.82) is 0 Å². The number of carbonyl (C=O) groups excluding carboxylic acids is 1. The summed E-state index contributed by atoms with van der Waals surface area (Å²) >= 11 is 3.34. The maximum absolute atomic E-state index is 13.2. The predicted molar refractivity (Wildman–Crippen MR) is 126 cm³/mol. The van der Waals surface area contributed by atoms with Gasteiger partial charge < -0.3 is 5.32 Å². The Hall–Kier alpha value is -2.76. The standard InChI is InChI=1S/C25H22N2OS2/c28-24(25(14-4-5-15-25)22-9-6-16-29-22)26-20-12-10-18(11-13-20)21-17-30-23(27-21)19-7-2-1-3-8-19/h1-3,6-13,16-17H,4-5,14-15H2,(H,26,28). The molecule has 0 bridgehead atoms. The molecule has 3 nitrogen and oxygen atoms in total. The molecule has 1 aliphatic rings. The summed E-state index contributed by atoms with van der Waals surface area (Å²) in [6.45, 7) is 0. The number of carbonyl (C=O) groups is 1. The minimum absolute atomic E-state index is 0.121. The first-order valence-corrected chi connectivity index (χ1v) is 12.0. The molecule has 5 heteroatoms. The van der Waals surface area contributed by atoms with Crippen LogP contribution in [0.5, 0.6) is 0 Å². The van der Waals surface area contributed by atoms with E-state index in [0.29, 0.717) is 0 Å². The molecule has 4 aromatic rings. The molecule has 1 saturated carbocycles. The van der Waals surface area contributed by atoms with Gasteiger partial charge in [-0.1, -0.05) is 61.4 Å². The van der Waals surface area contributed by atoms with Crippen LogP contribution in [-0.2, 0) is 10.2 Å². The van der Waals surface area contributed by atoms with Crippen LogP contribution in [-0.4, -0.2) is 10.9 Å². The Morgan fingerprint density at radius 1 is 0.867 bits per heavy atom. The van der Waals surface area contributed by atoms with E-state index in [4.69, 9.17) is 4.98 Å². The Morgan fingerprint density at radius 2 is 1.63 bits per heavy atom. The van der Waals surface area contributed by atoms with Crippen molar-refractivity contribution in [1.82, 2.24) is 4.98 Å². The minimum atomic E-state index is -0.369. The molecule has 2 heterocycles. The van der Waals surface area contributed by atoms with Crippen LogP contribution in [0.25, 0.3) is 21.8 Å². The molecular formula is C25H22N2OS2. The van der Waals surface area contributed by atoms with Gasteiger partial charge >= 0.3 is 0 Å². The molecule has 0 aliphatic heterocycles. The van der Waals surface area contributed by atoms with Crippen LogP contribution < -0.4 is 5.32 Å². The molecule has 5 rings (SSSR count). The van der Waals surface area contributed by atoms with Crippen molar-refractivity contribution in [2.24, 2.45) is 0 Å². The van der Waals surface area contributed by atoms with Crippen molar-refractivity contribution in [2.45, 2.75) is 31.1 Å². The lowest BCUT2D eigenvalue weighted by molar-refractivity contribution is -0.121. The fraction of sp³-hybridized carbons (Fsp3) is 0.200. The Balaban J connectivity index is 1.33. The van der Waals surface area contributed by atoms with Crippen molar-refractivity contribution in [3.8, 4) is 21.8 Å². The third-order valence-electron chi connectivity index (χ3n) is 5.85. The molecule has 1 aliphatic carbocycles. The van der Waals surface area contributed by atoms with Gasteiger partial charge in [-0.2, -0.15) is 0 Å². The van der Waals surface area contributed by atoms with Crippen LogP contribution in [0, 0.1) is 0 Å². The van der Waals surface area contributed by atoms with Crippen LogP contribution >= 0.6 is 22.7 Å². The highest BCUT2D eigenvalue weighted by atomic mass is 32.1. The number of rotatable bonds is 5. The predicted octanol–water partition coefficient (Wildman–Crippen LogP) is 6.99. The number of amides is 1. The Kier molecular flexibility index (Phi) is 5.23. The van der Waals surface area contributed by atoms with Gasteiger partial charge in [0.2, 0.25) is 5.91 Å². The summed E-state index contributed by atoms with van der Waals surface area (Å²) in [6.07, 6.45) is 4.08. The summed E-state index contributed by atoms with van der Waals surface area (Å²) < 4.78 is 0. The largest absolute Gasteiger partial charge is 0.325 e. The average Bonchev–Trinajstić information content (AvgIpc) is 3.57. The monoisotopic (exact) mass is 430 g/mol. The zero-order valence-electron chi connectivity index (χ0n) is 16.5. The van der Waals surface area contributed by atoms with E-state index in [2.05, 4.69) is 34.3 Å². The molecule has 0 atom stereocenters. The van der Waals surface area contributed by atoms with E-state index in [9.17, 15) is 4.79 Å². The lowest BCUT2D eigenvalue weighted by atomic mass is 9.83. The van der Waals surface area contributed by atoms with Crippen LogP contribution in [0.3, 0.4) is 0 Å². The van der Waals surface area contributed by atoms with Crippen LogP contribution in [0.2, 0.25) is 0 Å². The lowest BCUT2D eigenvalue weighted by Gasteiger charge is -2.26. The summed E-state index contributed by atoms with van der Waals surface area (Å²) in [4.78, 5) is 19.2. The topological polar surface area (TPSA) is 42.0 Å². The van der Waals surface area contributed by atoms with Gasteiger partial charge in [0.1, 0.15) is 5.01 Å². The highest BCUT2D eigenvalue weighted by Crippen LogP contribution is 2.44. The number of nitrogens with one attached hydrogen (secondary N) is 1. The first-order chi connectivity index (χ1) is 14.7. The average molecular weight is 431 g/mol. The number of aromatic nitrogens is 1. The number of anilines is 1. The van der Waals surface area contributed by atoms with Crippen LogP contribution in [0.15, 0.2) is 77.5 Å². The normalized spacial score (nSPS) is 15.2. The van der Waals surface area contributed by atoms with Gasteiger partial charge in [-0.3, -0.25) is 4.79 Å². The van der Waals surface area contributed by atoms with Crippen LogP contribution in [0.4, 0.5) is 5.69 Å². The minimum Gasteiger partial charge on any atom is -0.325 e. The van der Waals surface area contributed by atoms with Crippen molar-refractivity contribution in [2.75, 3.05) is 5.32 Å². The third kappa shape index (κ3) is 3.59. The highest BCUT2D eigenvalue weighted by Gasteiger charge is 2.43. The van der Waals surface area contributed by atoms with E-state index < -0.39 is 0 Å². The first-order valence-electron chi connectivity index (χ1n) is 10.2. The zero-order valence-corrected chi connectivity index (χ0v) is 18.1. The van der Waals surface area contributed by atoms with Crippen molar-refractivity contribution < 1.29 is 4.79 Å².